The Morgan fingerprint density at radius 2 is 2.20 bits per heavy atom. The number of aromatic carboxylic acids is 1. The number of carboxylic acids is 1. The minimum Gasteiger partial charge on any atom is -0.478 e. The third-order valence-electron chi connectivity index (χ3n) is 2.51. The Labute approximate surface area is 117 Å². The average Bonchev–Trinajstić information content (AvgIpc) is 2.36. The van der Waals surface area contributed by atoms with Gasteiger partial charge < -0.3 is 10.1 Å². The van der Waals surface area contributed by atoms with Crippen molar-refractivity contribution in [2.75, 3.05) is 0 Å². The quantitative estimate of drug-likeness (QED) is 0.667. The summed E-state index contributed by atoms with van der Waals surface area (Å²) in [4.78, 5) is 29.0. The number of hydrogen-bond acceptors (Lipinski definition) is 4. The summed E-state index contributed by atoms with van der Waals surface area (Å²) in [5.74, 6) is -1.52. The van der Waals surface area contributed by atoms with Crippen LogP contribution in [0, 0.1) is 12.7 Å². The summed E-state index contributed by atoms with van der Waals surface area (Å²) < 4.78 is 13.0. The van der Waals surface area contributed by atoms with Crippen LogP contribution in [0.3, 0.4) is 0 Å². The second-order valence-electron chi connectivity index (χ2n) is 4.09. The summed E-state index contributed by atoms with van der Waals surface area (Å²) in [5, 5.41) is 9.42. The predicted octanol–water partition coefficient (Wildman–Crippen LogP) is 2.21. The van der Waals surface area contributed by atoms with Crippen LogP contribution in [0.4, 0.5) is 4.39 Å². The van der Waals surface area contributed by atoms with Crippen LogP contribution in [0.1, 0.15) is 21.6 Å². The van der Waals surface area contributed by atoms with E-state index in [1.807, 2.05) is 0 Å². The van der Waals surface area contributed by atoms with Crippen molar-refractivity contribution in [3.63, 3.8) is 0 Å². The molecule has 0 unspecified atom stereocenters. The van der Waals surface area contributed by atoms with Gasteiger partial charge in [0.25, 0.3) is 5.56 Å². The highest BCUT2D eigenvalue weighted by Gasteiger charge is 2.12. The maximum atomic E-state index is 13.0. The first kappa shape index (κ1) is 14.3. The summed E-state index contributed by atoms with van der Waals surface area (Å²) in [7, 11) is 0. The van der Waals surface area contributed by atoms with Crippen molar-refractivity contribution in [2.24, 2.45) is 0 Å². The van der Waals surface area contributed by atoms with Crippen molar-refractivity contribution in [3.05, 3.63) is 57.3 Å². The van der Waals surface area contributed by atoms with Gasteiger partial charge in [0.1, 0.15) is 5.82 Å². The number of benzene rings is 1. The maximum Gasteiger partial charge on any atom is 0.336 e. The number of aryl methyl sites for hydroxylation is 1. The van der Waals surface area contributed by atoms with E-state index in [0.717, 1.165) is 6.07 Å². The van der Waals surface area contributed by atoms with Crippen LogP contribution in [-0.4, -0.2) is 21.0 Å². The second kappa shape index (κ2) is 5.87. The van der Waals surface area contributed by atoms with Gasteiger partial charge >= 0.3 is 5.97 Å². The molecule has 104 valence electrons. The predicted molar refractivity (Wildman–Crippen MR) is 72.5 cm³/mol. The zero-order valence-corrected chi connectivity index (χ0v) is 11.3. The summed E-state index contributed by atoms with van der Waals surface area (Å²) >= 11 is 1.19. The van der Waals surface area contributed by atoms with Gasteiger partial charge in [0.05, 0.1) is 5.56 Å². The summed E-state index contributed by atoms with van der Waals surface area (Å²) in [6.07, 6.45) is 0. The van der Waals surface area contributed by atoms with E-state index in [1.54, 1.807) is 6.92 Å². The lowest BCUT2D eigenvalue weighted by Crippen LogP contribution is -2.08. The Morgan fingerprint density at radius 1 is 1.45 bits per heavy atom. The summed E-state index contributed by atoms with van der Waals surface area (Å²) in [6.45, 7) is 1.69. The van der Waals surface area contributed by atoms with Gasteiger partial charge in [0.15, 0.2) is 5.16 Å². The zero-order chi connectivity index (χ0) is 14.7. The molecule has 2 N–H and O–H groups in total. The number of carbonyl (C=O) groups is 1. The van der Waals surface area contributed by atoms with E-state index >= 15 is 0 Å². The van der Waals surface area contributed by atoms with Gasteiger partial charge in [-0.1, -0.05) is 17.8 Å². The van der Waals surface area contributed by atoms with Gasteiger partial charge in [-0.2, -0.15) is 0 Å². The van der Waals surface area contributed by atoms with Gasteiger partial charge in [0.2, 0.25) is 0 Å². The summed E-state index contributed by atoms with van der Waals surface area (Å²) in [5.41, 5.74) is 0.687. The molecular formula is C13H11FN2O3S. The molecule has 1 aromatic carbocycles. The fourth-order valence-electron chi connectivity index (χ4n) is 1.64. The van der Waals surface area contributed by atoms with Crippen LogP contribution in [0.5, 0.6) is 0 Å². The molecule has 2 rings (SSSR count). The molecule has 0 aliphatic rings. The monoisotopic (exact) mass is 294 g/mol. The molecule has 2 aromatic rings. The van der Waals surface area contributed by atoms with Crippen molar-refractivity contribution in [1.82, 2.24) is 9.97 Å². The van der Waals surface area contributed by atoms with Gasteiger partial charge in [-0.3, -0.25) is 4.79 Å². The minimum absolute atomic E-state index is 0.0903. The second-order valence-corrected chi connectivity index (χ2v) is 5.05. The normalized spacial score (nSPS) is 10.5. The Kier molecular flexibility index (Phi) is 4.19. The molecule has 1 heterocycles. The zero-order valence-electron chi connectivity index (χ0n) is 10.5. The Balaban J connectivity index is 2.22. The molecule has 0 spiro atoms. The Bertz CT molecular complexity index is 715. The Hall–Kier alpha value is -2.15. The van der Waals surface area contributed by atoms with E-state index in [4.69, 9.17) is 5.11 Å². The molecule has 20 heavy (non-hydrogen) atoms. The molecule has 0 amide bonds. The van der Waals surface area contributed by atoms with Crippen molar-refractivity contribution in [3.8, 4) is 0 Å². The third-order valence-corrected chi connectivity index (χ3v) is 3.44. The SMILES string of the molecule is Cc1cc(=O)[nH]c(SCc2ccc(F)cc2C(=O)O)n1. The van der Waals surface area contributed by atoms with Gasteiger partial charge in [0, 0.05) is 17.5 Å². The molecule has 7 heteroatoms. The van der Waals surface area contributed by atoms with Crippen LogP contribution in [0.15, 0.2) is 34.2 Å². The van der Waals surface area contributed by atoms with E-state index in [2.05, 4.69) is 9.97 Å². The number of aromatic amines is 1. The molecule has 0 radical (unpaired) electrons. The third kappa shape index (κ3) is 3.45. The number of thioether (sulfide) groups is 1. The lowest BCUT2D eigenvalue weighted by atomic mass is 10.1. The molecule has 0 aliphatic carbocycles. The van der Waals surface area contributed by atoms with Crippen molar-refractivity contribution in [1.29, 1.82) is 0 Å². The number of nitrogens with one attached hydrogen (secondary N) is 1. The topological polar surface area (TPSA) is 83.0 Å². The van der Waals surface area contributed by atoms with Crippen molar-refractivity contribution < 1.29 is 14.3 Å². The van der Waals surface area contributed by atoms with Gasteiger partial charge in [-0.05, 0) is 24.6 Å². The first-order valence-electron chi connectivity index (χ1n) is 5.68. The van der Waals surface area contributed by atoms with E-state index < -0.39 is 11.8 Å². The van der Waals surface area contributed by atoms with E-state index in [1.165, 1.54) is 30.0 Å². The molecule has 0 fully saturated rings. The van der Waals surface area contributed by atoms with Crippen LogP contribution in [-0.2, 0) is 5.75 Å². The largest absolute Gasteiger partial charge is 0.478 e. The average molecular weight is 294 g/mol. The number of carboxylic acid groups (broad SMARTS) is 1. The molecule has 0 saturated carbocycles. The van der Waals surface area contributed by atoms with Crippen LogP contribution in [0.25, 0.3) is 0 Å². The molecule has 1 aromatic heterocycles. The van der Waals surface area contributed by atoms with Crippen molar-refractivity contribution in [2.45, 2.75) is 17.8 Å². The molecule has 0 saturated heterocycles. The number of aromatic nitrogens is 2. The first-order chi connectivity index (χ1) is 9.45. The maximum absolute atomic E-state index is 13.0. The van der Waals surface area contributed by atoms with Gasteiger partial charge in [-0.15, -0.1) is 0 Å². The fraction of sp³-hybridized carbons (Fsp3) is 0.154. The number of hydrogen-bond donors (Lipinski definition) is 2. The highest BCUT2D eigenvalue weighted by Crippen LogP contribution is 2.22. The van der Waals surface area contributed by atoms with Crippen molar-refractivity contribution >= 4 is 17.7 Å². The van der Waals surface area contributed by atoms with Crippen LogP contribution >= 0.6 is 11.8 Å². The smallest absolute Gasteiger partial charge is 0.336 e. The fourth-order valence-corrected chi connectivity index (χ4v) is 2.56. The molecule has 5 nitrogen and oxygen atoms in total. The first-order valence-corrected chi connectivity index (χ1v) is 6.67. The van der Waals surface area contributed by atoms with Gasteiger partial charge in [-0.25, -0.2) is 14.2 Å². The number of halogens is 1. The van der Waals surface area contributed by atoms with E-state index in [9.17, 15) is 14.0 Å². The highest BCUT2D eigenvalue weighted by atomic mass is 32.2. The van der Waals surface area contributed by atoms with Crippen LogP contribution < -0.4 is 5.56 Å². The number of rotatable bonds is 4. The number of nitrogens with zero attached hydrogens (tertiary/aromatic N) is 1. The lowest BCUT2D eigenvalue weighted by molar-refractivity contribution is 0.0695. The molecular weight excluding hydrogens is 283 g/mol. The van der Waals surface area contributed by atoms with E-state index in [0.29, 0.717) is 16.4 Å². The minimum atomic E-state index is -1.19. The highest BCUT2D eigenvalue weighted by molar-refractivity contribution is 7.98. The van der Waals surface area contributed by atoms with Crippen LogP contribution in [0.2, 0.25) is 0 Å². The molecule has 0 atom stereocenters. The molecule has 0 aliphatic heterocycles. The Morgan fingerprint density at radius 3 is 2.85 bits per heavy atom. The standard InChI is InChI=1S/C13H11FN2O3S/c1-7-4-11(17)16-13(15-7)20-6-8-2-3-9(14)5-10(8)12(18)19/h2-5H,6H2,1H3,(H,18,19)(H,15,16,17). The van der Waals surface area contributed by atoms with E-state index in [-0.39, 0.29) is 16.9 Å². The molecule has 0 bridgehead atoms. The lowest BCUT2D eigenvalue weighted by Gasteiger charge is -2.06. The number of H-pyrrole nitrogens is 1. The summed E-state index contributed by atoms with van der Waals surface area (Å²) in [6, 6.07) is 4.96.